The Morgan fingerprint density at radius 2 is 1.53 bits per heavy atom. The van der Waals surface area contributed by atoms with Gasteiger partial charge < -0.3 is 19.3 Å². The molecule has 0 bridgehead atoms. The molecule has 36 heavy (non-hydrogen) atoms. The average molecular weight is 529 g/mol. The van der Waals surface area contributed by atoms with Crippen LogP contribution >= 0.6 is 11.8 Å². The minimum atomic E-state index is -4.19. The second-order valence-corrected chi connectivity index (χ2v) is 11.7. The van der Waals surface area contributed by atoms with Crippen molar-refractivity contribution in [2.24, 2.45) is 0 Å². The van der Waals surface area contributed by atoms with Gasteiger partial charge in [0.05, 0.1) is 11.5 Å². The summed E-state index contributed by atoms with van der Waals surface area (Å²) in [5.74, 6) is 0. The lowest BCUT2D eigenvalue weighted by Gasteiger charge is -2.47. The van der Waals surface area contributed by atoms with Crippen LogP contribution in [0.5, 0.6) is 0 Å². The molecule has 0 aliphatic carbocycles. The number of aliphatic hydroxyl groups excluding tert-OH is 1. The molecule has 190 valence electrons. The smallest absolute Gasteiger partial charge is 0.297 e. The number of hydrogen-bond donors (Lipinski definition) is 1. The standard InChI is InChI=1S/C27H28O7S2/c1-17-8-12-20(13-9-17)35-27-23(28)25(34-36(29,30)21-14-10-18(2)11-15-21)24-22(32-27)16-31-26(33-24)19-6-4-3-5-7-19/h3-15,22-28H,16H2,1-2H3/t22-,23+,24-,25-,26-,27-/m1/s1. The topological polar surface area (TPSA) is 91.3 Å². The van der Waals surface area contributed by atoms with E-state index in [1.807, 2.05) is 68.4 Å². The van der Waals surface area contributed by atoms with Gasteiger partial charge in [-0.05, 0) is 38.1 Å². The Labute approximate surface area is 215 Å². The predicted molar refractivity (Wildman–Crippen MR) is 135 cm³/mol. The Balaban J connectivity index is 1.43. The number of aliphatic hydroxyl groups is 1. The molecule has 3 aromatic rings. The van der Waals surface area contributed by atoms with E-state index in [1.54, 1.807) is 12.1 Å². The maximum Gasteiger partial charge on any atom is 0.297 e. The second-order valence-electron chi connectivity index (χ2n) is 8.97. The second kappa shape index (κ2) is 10.6. The van der Waals surface area contributed by atoms with Crippen molar-refractivity contribution in [3.8, 4) is 0 Å². The quantitative estimate of drug-likeness (QED) is 0.472. The van der Waals surface area contributed by atoms with E-state index in [9.17, 15) is 13.5 Å². The molecule has 0 spiro atoms. The third kappa shape index (κ3) is 5.52. The number of benzene rings is 3. The number of thioether (sulfide) groups is 1. The predicted octanol–water partition coefficient (Wildman–Crippen LogP) is 4.37. The molecule has 9 heteroatoms. The monoisotopic (exact) mass is 528 g/mol. The highest BCUT2D eigenvalue weighted by molar-refractivity contribution is 7.99. The lowest BCUT2D eigenvalue weighted by molar-refractivity contribution is -0.314. The Kier molecular flexibility index (Phi) is 7.50. The van der Waals surface area contributed by atoms with Crippen molar-refractivity contribution < 1.29 is 31.9 Å². The molecular weight excluding hydrogens is 500 g/mol. The van der Waals surface area contributed by atoms with Crippen molar-refractivity contribution in [3.63, 3.8) is 0 Å². The van der Waals surface area contributed by atoms with Crippen LogP contribution in [0.1, 0.15) is 23.0 Å². The summed E-state index contributed by atoms with van der Waals surface area (Å²) in [4.78, 5) is 0.890. The van der Waals surface area contributed by atoms with E-state index in [0.29, 0.717) is 0 Å². The van der Waals surface area contributed by atoms with Crippen molar-refractivity contribution >= 4 is 21.9 Å². The first kappa shape index (κ1) is 25.4. The highest BCUT2D eigenvalue weighted by atomic mass is 32.2. The number of rotatable bonds is 6. The third-order valence-electron chi connectivity index (χ3n) is 6.20. The fourth-order valence-corrected chi connectivity index (χ4v) is 6.36. The van der Waals surface area contributed by atoms with Gasteiger partial charge in [-0.15, -0.1) is 0 Å². The highest BCUT2D eigenvalue weighted by Crippen LogP contribution is 2.40. The molecule has 2 aliphatic rings. The molecule has 6 atom stereocenters. The van der Waals surface area contributed by atoms with E-state index in [2.05, 4.69) is 0 Å². The first-order chi connectivity index (χ1) is 17.3. The molecule has 0 saturated carbocycles. The molecule has 3 aromatic carbocycles. The van der Waals surface area contributed by atoms with Crippen LogP contribution in [0.3, 0.4) is 0 Å². The molecule has 5 rings (SSSR count). The molecule has 7 nitrogen and oxygen atoms in total. The van der Waals surface area contributed by atoms with Crippen LogP contribution in [0, 0.1) is 13.8 Å². The van der Waals surface area contributed by atoms with Crippen LogP contribution < -0.4 is 0 Å². The zero-order chi connectivity index (χ0) is 25.3. The molecule has 1 N–H and O–H groups in total. The van der Waals surface area contributed by atoms with Crippen LogP contribution in [0.4, 0.5) is 0 Å². The molecule has 0 aromatic heterocycles. The maximum absolute atomic E-state index is 13.2. The maximum atomic E-state index is 13.2. The van der Waals surface area contributed by atoms with Gasteiger partial charge in [-0.3, -0.25) is 4.18 Å². The van der Waals surface area contributed by atoms with E-state index in [1.165, 1.54) is 23.9 Å². The number of fused-ring (bicyclic) bond motifs is 1. The summed E-state index contributed by atoms with van der Waals surface area (Å²) in [6, 6.07) is 23.5. The Hall–Kier alpha value is -2.24. The minimum absolute atomic E-state index is 0.0118. The van der Waals surface area contributed by atoms with Crippen LogP contribution in [0.25, 0.3) is 0 Å². The molecular formula is C27H28O7S2. The van der Waals surface area contributed by atoms with Crippen LogP contribution in [0.2, 0.25) is 0 Å². The third-order valence-corrected chi connectivity index (χ3v) is 8.69. The lowest BCUT2D eigenvalue weighted by atomic mass is 9.99. The fraction of sp³-hybridized carbons (Fsp3) is 0.333. The molecule has 0 radical (unpaired) electrons. The number of ether oxygens (including phenoxy) is 3. The fourth-order valence-electron chi connectivity index (χ4n) is 4.21. The summed E-state index contributed by atoms with van der Waals surface area (Å²) < 4.78 is 50.4. The van der Waals surface area contributed by atoms with Crippen molar-refractivity contribution in [2.75, 3.05) is 6.61 Å². The summed E-state index contributed by atoms with van der Waals surface area (Å²) in [7, 11) is -4.19. The molecule has 2 fully saturated rings. The largest absolute Gasteiger partial charge is 0.387 e. The van der Waals surface area contributed by atoms with Crippen molar-refractivity contribution in [3.05, 3.63) is 95.6 Å². The van der Waals surface area contributed by atoms with E-state index in [4.69, 9.17) is 18.4 Å². The van der Waals surface area contributed by atoms with Gasteiger partial charge >= 0.3 is 0 Å². The number of aryl methyl sites for hydroxylation is 2. The number of hydrogen-bond acceptors (Lipinski definition) is 8. The normalized spacial score (nSPS) is 28.4. The van der Waals surface area contributed by atoms with Crippen LogP contribution in [-0.4, -0.2) is 50.0 Å². The van der Waals surface area contributed by atoms with Gasteiger partial charge in [0.1, 0.15) is 29.9 Å². The molecule has 2 heterocycles. The van der Waals surface area contributed by atoms with Gasteiger partial charge in [0.25, 0.3) is 10.1 Å². The summed E-state index contributed by atoms with van der Waals surface area (Å²) in [6.45, 7) is 4.02. The summed E-state index contributed by atoms with van der Waals surface area (Å²) in [6.07, 6.45) is -4.72. The van der Waals surface area contributed by atoms with Crippen molar-refractivity contribution in [1.82, 2.24) is 0 Å². The summed E-state index contributed by atoms with van der Waals surface area (Å²) in [5, 5.41) is 11.3. The van der Waals surface area contributed by atoms with E-state index in [-0.39, 0.29) is 11.5 Å². The first-order valence-electron chi connectivity index (χ1n) is 11.7. The van der Waals surface area contributed by atoms with Gasteiger partial charge in [-0.25, -0.2) is 0 Å². The highest BCUT2D eigenvalue weighted by Gasteiger charge is 2.52. The van der Waals surface area contributed by atoms with Crippen LogP contribution in [-0.2, 0) is 28.5 Å². The Morgan fingerprint density at radius 3 is 2.19 bits per heavy atom. The van der Waals surface area contributed by atoms with Crippen molar-refractivity contribution in [2.45, 2.75) is 59.8 Å². The average Bonchev–Trinajstić information content (AvgIpc) is 2.88. The van der Waals surface area contributed by atoms with Gasteiger partial charge in [0.15, 0.2) is 6.29 Å². The van der Waals surface area contributed by atoms with E-state index < -0.39 is 46.3 Å². The summed E-state index contributed by atoms with van der Waals surface area (Å²) >= 11 is 1.30. The molecule has 0 amide bonds. The van der Waals surface area contributed by atoms with Gasteiger partial charge in [-0.2, -0.15) is 8.42 Å². The van der Waals surface area contributed by atoms with Crippen molar-refractivity contribution in [1.29, 1.82) is 0 Å². The zero-order valence-electron chi connectivity index (χ0n) is 19.9. The van der Waals surface area contributed by atoms with Gasteiger partial charge in [0.2, 0.25) is 0 Å². The van der Waals surface area contributed by atoms with Crippen LogP contribution in [0.15, 0.2) is 88.7 Å². The summed E-state index contributed by atoms with van der Waals surface area (Å²) in [5.41, 5.74) is 2.03. The van der Waals surface area contributed by atoms with E-state index in [0.717, 1.165) is 21.6 Å². The molecule has 2 aliphatic heterocycles. The minimum Gasteiger partial charge on any atom is -0.387 e. The molecule has 2 saturated heterocycles. The van der Waals surface area contributed by atoms with Gasteiger partial charge in [-0.1, -0.05) is 77.5 Å². The van der Waals surface area contributed by atoms with E-state index >= 15 is 0 Å². The Bertz CT molecular complexity index is 1260. The Morgan fingerprint density at radius 1 is 0.889 bits per heavy atom. The zero-order valence-corrected chi connectivity index (χ0v) is 21.5. The SMILES string of the molecule is Cc1ccc(S[C@H]2O[C@@H]3CO[C@@H](c4ccccc4)O[C@H]3[C@H](OS(=O)(=O)c3ccc(C)cc3)[C@@H]2O)cc1. The first-order valence-corrected chi connectivity index (χ1v) is 14.0. The molecule has 0 unspecified atom stereocenters. The lowest BCUT2D eigenvalue weighted by Crippen LogP contribution is -2.62. The van der Waals surface area contributed by atoms with Gasteiger partial charge in [0, 0.05) is 10.5 Å².